The average Bonchev–Trinajstić information content (AvgIpc) is 3.21. The lowest BCUT2D eigenvalue weighted by Crippen LogP contribution is -2.52. The summed E-state index contributed by atoms with van der Waals surface area (Å²) in [7, 11) is 0. The Morgan fingerprint density at radius 2 is 1.60 bits per heavy atom. The Bertz CT molecular complexity index is 1130. The van der Waals surface area contributed by atoms with Gasteiger partial charge in [0.1, 0.15) is 11.5 Å². The molecule has 188 valence electrons. The predicted octanol–water partition coefficient (Wildman–Crippen LogP) is 3.73. The molecule has 2 N–H and O–H groups in total. The van der Waals surface area contributed by atoms with E-state index in [0.717, 1.165) is 30.8 Å². The highest BCUT2D eigenvalue weighted by Crippen LogP contribution is 2.34. The Kier molecular flexibility index (Phi) is 7.06. The van der Waals surface area contributed by atoms with E-state index in [-0.39, 0.29) is 34.8 Å². The summed E-state index contributed by atoms with van der Waals surface area (Å²) in [5.74, 6) is -0.335. The molecule has 0 bridgehead atoms. The lowest BCUT2D eigenvalue weighted by atomic mass is 9.98. The van der Waals surface area contributed by atoms with Crippen LogP contribution in [-0.2, 0) is 24.4 Å². The molecule has 2 aliphatic rings. The number of piperazine rings is 1. The Morgan fingerprint density at radius 1 is 0.943 bits per heavy atom. The number of thiol groups is 1. The molecule has 4 rings (SSSR count). The van der Waals surface area contributed by atoms with Gasteiger partial charge in [-0.25, -0.2) is 0 Å². The molecular formula is C27H35N3O4S. The third-order valence-corrected chi connectivity index (χ3v) is 7.06. The highest BCUT2D eigenvalue weighted by Gasteiger charge is 2.31. The van der Waals surface area contributed by atoms with Gasteiger partial charge < -0.3 is 20.0 Å². The van der Waals surface area contributed by atoms with Crippen molar-refractivity contribution in [2.45, 2.75) is 58.0 Å². The molecule has 2 amide bonds. The summed E-state index contributed by atoms with van der Waals surface area (Å²) >= 11 is 4.41. The van der Waals surface area contributed by atoms with Gasteiger partial charge in [0, 0.05) is 51.9 Å². The Hall–Kier alpha value is -2.71. The van der Waals surface area contributed by atoms with Crippen LogP contribution < -0.4 is 0 Å². The maximum Gasteiger partial charge on any atom is 0.258 e. The van der Waals surface area contributed by atoms with Crippen molar-refractivity contribution < 1.29 is 19.8 Å². The monoisotopic (exact) mass is 497 g/mol. The lowest BCUT2D eigenvalue weighted by molar-refractivity contribution is -0.134. The molecule has 0 spiro atoms. The zero-order chi connectivity index (χ0) is 25.5. The molecule has 0 saturated carbocycles. The Balaban J connectivity index is 1.40. The van der Waals surface area contributed by atoms with E-state index in [1.807, 2.05) is 32.6 Å². The number of amides is 2. The van der Waals surface area contributed by atoms with Crippen molar-refractivity contribution in [1.29, 1.82) is 0 Å². The van der Waals surface area contributed by atoms with Crippen LogP contribution in [0.4, 0.5) is 0 Å². The topological polar surface area (TPSA) is 84.3 Å². The van der Waals surface area contributed by atoms with Gasteiger partial charge in [0.2, 0.25) is 5.91 Å². The number of carbonyl (C=O) groups excluding carboxylic acids is 2. The van der Waals surface area contributed by atoms with Crippen molar-refractivity contribution in [3.63, 3.8) is 0 Å². The van der Waals surface area contributed by atoms with E-state index >= 15 is 0 Å². The summed E-state index contributed by atoms with van der Waals surface area (Å²) in [6, 6.07) is 9.21. The van der Waals surface area contributed by atoms with Gasteiger partial charge in [-0.2, -0.15) is 12.6 Å². The fourth-order valence-electron chi connectivity index (χ4n) is 4.84. The van der Waals surface area contributed by atoms with Crippen LogP contribution in [0.1, 0.15) is 66.2 Å². The first kappa shape index (κ1) is 25.4. The maximum atomic E-state index is 13.2. The van der Waals surface area contributed by atoms with Gasteiger partial charge >= 0.3 is 0 Å². The normalized spacial score (nSPS) is 16.6. The Morgan fingerprint density at radius 3 is 2.23 bits per heavy atom. The average molecular weight is 498 g/mol. The summed E-state index contributed by atoms with van der Waals surface area (Å²) in [4.78, 5) is 31.6. The molecule has 2 aliphatic heterocycles. The van der Waals surface area contributed by atoms with Crippen LogP contribution in [0.2, 0.25) is 0 Å². The first-order valence-corrected chi connectivity index (χ1v) is 12.6. The smallest absolute Gasteiger partial charge is 0.258 e. The van der Waals surface area contributed by atoms with Gasteiger partial charge in [0.25, 0.3) is 5.91 Å². The molecule has 1 saturated heterocycles. The van der Waals surface area contributed by atoms with Gasteiger partial charge in [-0.1, -0.05) is 32.0 Å². The molecule has 7 nitrogen and oxygen atoms in total. The minimum Gasteiger partial charge on any atom is -0.508 e. The number of phenolic OH excluding ortho intramolecular Hbond substituents is 2. The number of hydrogen-bond donors (Lipinski definition) is 3. The number of rotatable bonds is 5. The standard InChI is InChI=1S/C27H35N3O4S/c1-17(2)21-12-22(24(32)13-23(21)31)25(33)30-15-19-6-5-18(11-20(19)16-30)14-28-7-9-29(10-8-28)26(34)27(3,4)35/h5-6,11-13,17,31-32,35H,7-10,14-16H2,1-4H3. The van der Waals surface area contributed by atoms with Crippen molar-refractivity contribution in [2.75, 3.05) is 26.2 Å². The fourth-order valence-corrected chi connectivity index (χ4v) is 4.98. The van der Waals surface area contributed by atoms with E-state index < -0.39 is 4.75 Å². The largest absolute Gasteiger partial charge is 0.508 e. The van der Waals surface area contributed by atoms with Gasteiger partial charge in [-0.05, 0) is 48.1 Å². The van der Waals surface area contributed by atoms with Gasteiger partial charge in [0.05, 0.1) is 10.3 Å². The summed E-state index contributed by atoms with van der Waals surface area (Å²) in [5.41, 5.74) is 4.27. The number of fused-ring (bicyclic) bond motifs is 1. The molecule has 0 aromatic heterocycles. The molecular weight excluding hydrogens is 462 g/mol. The van der Waals surface area contributed by atoms with Crippen molar-refractivity contribution in [3.05, 3.63) is 58.1 Å². The third-order valence-electron chi connectivity index (χ3n) is 6.87. The molecule has 0 atom stereocenters. The lowest BCUT2D eigenvalue weighted by Gasteiger charge is -2.37. The SMILES string of the molecule is CC(C)c1cc(C(=O)N2Cc3ccc(CN4CCN(C(=O)C(C)(C)S)CC4)cc3C2)c(O)cc1O. The summed E-state index contributed by atoms with van der Waals surface area (Å²) < 4.78 is -0.654. The number of nitrogens with zero attached hydrogens (tertiary/aromatic N) is 3. The van der Waals surface area contributed by atoms with E-state index in [4.69, 9.17) is 0 Å². The van der Waals surface area contributed by atoms with Crippen LogP contribution in [0, 0.1) is 0 Å². The van der Waals surface area contributed by atoms with Gasteiger partial charge in [-0.3, -0.25) is 14.5 Å². The fraction of sp³-hybridized carbons (Fsp3) is 0.481. The molecule has 1 fully saturated rings. The summed E-state index contributed by atoms with van der Waals surface area (Å²) in [6.07, 6.45) is 0. The summed E-state index contributed by atoms with van der Waals surface area (Å²) in [6.45, 7) is 12.3. The van der Waals surface area contributed by atoms with E-state index in [1.54, 1.807) is 11.0 Å². The number of aromatic hydroxyl groups is 2. The molecule has 0 aliphatic carbocycles. The van der Waals surface area contributed by atoms with Gasteiger partial charge in [-0.15, -0.1) is 0 Å². The van der Waals surface area contributed by atoms with Crippen LogP contribution >= 0.6 is 12.6 Å². The first-order chi connectivity index (χ1) is 16.4. The molecule has 8 heteroatoms. The second kappa shape index (κ2) is 9.74. The predicted molar refractivity (Wildman–Crippen MR) is 139 cm³/mol. The number of hydrogen-bond acceptors (Lipinski definition) is 6. The number of benzene rings is 2. The summed E-state index contributed by atoms with van der Waals surface area (Å²) in [5, 5.41) is 20.4. The van der Waals surface area contributed by atoms with E-state index in [9.17, 15) is 19.8 Å². The van der Waals surface area contributed by atoms with E-state index in [1.165, 1.54) is 11.6 Å². The second-order valence-corrected chi connectivity index (χ2v) is 11.6. The number of carbonyl (C=O) groups is 2. The minimum absolute atomic E-state index is 0.00271. The quantitative estimate of drug-likeness (QED) is 0.549. The van der Waals surface area contributed by atoms with E-state index in [0.29, 0.717) is 31.7 Å². The van der Waals surface area contributed by atoms with Crippen molar-refractivity contribution in [2.24, 2.45) is 0 Å². The van der Waals surface area contributed by atoms with E-state index in [2.05, 4.69) is 35.7 Å². The van der Waals surface area contributed by atoms with Crippen LogP contribution in [0.5, 0.6) is 11.5 Å². The van der Waals surface area contributed by atoms with Crippen LogP contribution in [0.3, 0.4) is 0 Å². The van der Waals surface area contributed by atoms with Crippen molar-refractivity contribution >= 4 is 24.4 Å². The van der Waals surface area contributed by atoms with Crippen molar-refractivity contribution in [1.82, 2.24) is 14.7 Å². The zero-order valence-corrected chi connectivity index (χ0v) is 21.8. The molecule has 2 aromatic rings. The molecule has 2 aromatic carbocycles. The zero-order valence-electron chi connectivity index (χ0n) is 20.9. The van der Waals surface area contributed by atoms with Crippen LogP contribution in [0.15, 0.2) is 30.3 Å². The highest BCUT2D eigenvalue weighted by atomic mass is 32.1. The molecule has 2 heterocycles. The third kappa shape index (κ3) is 5.43. The van der Waals surface area contributed by atoms with Gasteiger partial charge in [0.15, 0.2) is 0 Å². The maximum absolute atomic E-state index is 13.2. The Labute approximate surface area is 212 Å². The first-order valence-electron chi connectivity index (χ1n) is 12.1. The second-order valence-electron chi connectivity index (χ2n) is 10.5. The molecule has 0 unspecified atom stereocenters. The van der Waals surface area contributed by atoms with Crippen LogP contribution in [-0.4, -0.2) is 67.7 Å². The molecule has 0 radical (unpaired) electrons. The highest BCUT2D eigenvalue weighted by molar-refractivity contribution is 7.82. The van der Waals surface area contributed by atoms with Crippen LogP contribution in [0.25, 0.3) is 0 Å². The minimum atomic E-state index is -0.654. The number of phenols is 2. The molecule has 35 heavy (non-hydrogen) atoms. The van der Waals surface area contributed by atoms with Crippen molar-refractivity contribution in [3.8, 4) is 11.5 Å².